The lowest BCUT2D eigenvalue weighted by molar-refractivity contribution is 0.304. The lowest BCUT2D eigenvalue weighted by Gasteiger charge is -2.14. The zero-order valence-electron chi connectivity index (χ0n) is 17.5. The zero-order valence-corrected chi connectivity index (χ0v) is 19.0. The first-order chi connectivity index (χ1) is 15.9. The smallest absolute Gasteiger partial charge is 0.220 e. The molecule has 1 aromatic heterocycles. The molecule has 0 radical (unpaired) electrons. The molecule has 4 rings (SSSR count). The summed E-state index contributed by atoms with van der Waals surface area (Å²) in [4.78, 5) is 8.28. The quantitative estimate of drug-likeness (QED) is 0.326. The van der Waals surface area contributed by atoms with E-state index in [0.29, 0.717) is 44.3 Å². The van der Waals surface area contributed by atoms with Gasteiger partial charge in [0.1, 0.15) is 35.3 Å². The van der Waals surface area contributed by atoms with Crippen molar-refractivity contribution in [1.82, 2.24) is 9.97 Å². The second-order valence-corrected chi connectivity index (χ2v) is 7.77. The maximum absolute atomic E-state index is 10.7. The second kappa shape index (κ2) is 9.85. The van der Waals surface area contributed by atoms with Crippen LogP contribution in [0.25, 0.3) is 11.3 Å². The van der Waals surface area contributed by atoms with E-state index < -0.39 is 0 Å². The maximum atomic E-state index is 10.7. The molecule has 3 aromatic carbocycles. The summed E-state index contributed by atoms with van der Waals surface area (Å²) in [6, 6.07) is 17.1. The molecule has 0 saturated carbocycles. The standard InChI is InChI=1S/C24H19Cl2N3O4/c1-31-16-3-2-4-18(10-16)33-22-12-28-24(27)29-23(22)19-8-7-17(11-21(19)30)32-13-14-5-6-15(25)9-20(14)26/h2-12,30H,13H2,1H3,(H2,27,28,29). The van der Waals surface area contributed by atoms with Crippen molar-refractivity contribution >= 4 is 29.2 Å². The Hall–Kier alpha value is -3.68. The Labute approximate surface area is 200 Å². The van der Waals surface area contributed by atoms with E-state index in [1.807, 2.05) is 0 Å². The molecule has 3 N–H and O–H groups in total. The van der Waals surface area contributed by atoms with E-state index in [1.54, 1.807) is 61.7 Å². The van der Waals surface area contributed by atoms with Crippen LogP contribution >= 0.6 is 23.2 Å². The van der Waals surface area contributed by atoms with Gasteiger partial charge in [-0.2, -0.15) is 0 Å². The van der Waals surface area contributed by atoms with E-state index >= 15 is 0 Å². The number of nitrogens with two attached hydrogens (primary N) is 1. The van der Waals surface area contributed by atoms with Crippen molar-refractivity contribution in [1.29, 1.82) is 0 Å². The number of aromatic nitrogens is 2. The molecular weight excluding hydrogens is 465 g/mol. The van der Waals surface area contributed by atoms with Gasteiger partial charge in [-0.25, -0.2) is 9.97 Å². The minimum Gasteiger partial charge on any atom is -0.507 e. The highest BCUT2D eigenvalue weighted by atomic mass is 35.5. The molecular formula is C24H19Cl2N3O4. The van der Waals surface area contributed by atoms with Gasteiger partial charge < -0.3 is 25.1 Å². The number of nitrogens with zero attached hydrogens (tertiary/aromatic N) is 2. The summed E-state index contributed by atoms with van der Waals surface area (Å²) in [7, 11) is 1.57. The van der Waals surface area contributed by atoms with Crippen LogP contribution in [0.3, 0.4) is 0 Å². The maximum Gasteiger partial charge on any atom is 0.220 e. The average molecular weight is 484 g/mol. The van der Waals surface area contributed by atoms with Crippen molar-refractivity contribution in [3.8, 4) is 40.0 Å². The number of phenols is 1. The number of hydrogen-bond acceptors (Lipinski definition) is 7. The van der Waals surface area contributed by atoms with Crippen LogP contribution in [-0.4, -0.2) is 22.2 Å². The predicted molar refractivity (Wildman–Crippen MR) is 127 cm³/mol. The second-order valence-electron chi connectivity index (χ2n) is 6.93. The van der Waals surface area contributed by atoms with E-state index in [-0.39, 0.29) is 18.3 Å². The van der Waals surface area contributed by atoms with Gasteiger partial charge in [0.15, 0.2) is 5.75 Å². The first-order valence-corrected chi connectivity index (χ1v) is 10.5. The van der Waals surface area contributed by atoms with Crippen LogP contribution in [0.15, 0.2) is 66.9 Å². The molecule has 0 atom stereocenters. The Morgan fingerprint density at radius 3 is 2.55 bits per heavy atom. The van der Waals surface area contributed by atoms with Crippen molar-refractivity contribution < 1.29 is 19.3 Å². The predicted octanol–water partition coefficient (Wildman–Crippen LogP) is 6.12. The van der Waals surface area contributed by atoms with Crippen LogP contribution in [0.5, 0.6) is 28.7 Å². The molecule has 9 heteroatoms. The molecule has 1 heterocycles. The highest BCUT2D eigenvalue weighted by molar-refractivity contribution is 6.35. The number of nitrogen functional groups attached to an aromatic ring is 1. The molecule has 33 heavy (non-hydrogen) atoms. The van der Waals surface area contributed by atoms with E-state index in [0.717, 1.165) is 5.56 Å². The van der Waals surface area contributed by atoms with Crippen LogP contribution in [0, 0.1) is 0 Å². The van der Waals surface area contributed by atoms with E-state index in [4.69, 9.17) is 43.1 Å². The number of benzene rings is 3. The third-order valence-corrected chi connectivity index (χ3v) is 5.26. The normalized spacial score (nSPS) is 10.6. The van der Waals surface area contributed by atoms with Gasteiger partial charge >= 0.3 is 0 Å². The molecule has 0 amide bonds. The summed E-state index contributed by atoms with van der Waals surface area (Å²) < 4.78 is 16.9. The SMILES string of the molecule is COc1cccc(Oc2cnc(N)nc2-c2ccc(OCc3ccc(Cl)cc3Cl)cc2O)c1. The molecule has 168 valence electrons. The number of phenolic OH excluding ortho intramolecular Hbond substituents is 1. The monoisotopic (exact) mass is 483 g/mol. The lowest BCUT2D eigenvalue weighted by atomic mass is 10.1. The van der Waals surface area contributed by atoms with Gasteiger partial charge in [0, 0.05) is 33.3 Å². The van der Waals surface area contributed by atoms with Gasteiger partial charge in [0.2, 0.25) is 5.95 Å². The molecule has 0 bridgehead atoms. The zero-order chi connectivity index (χ0) is 23.4. The summed E-state index contributed by atoms with van der Waals surface area (Å²) in [5, 5.41) is 11.7. The number of aromatic hydroxyl groups is 1. The molecule has 0 aliphatic carbocycles. The van der Waals surface area contributed by atoms with Crippen molar-refractivity contribution in [2.75, 3.05) is 12.8 Å². The van der Waals surface area contributed by atoms with Crippen LogP contribution in [0.2, 0.25) is 10.0 Å². The Kier molecular flexibility index (Phi) is 6.72. The van der Waals surface area contributed by atoms with Crippen LogP contribution in [0.4, 0.5) is 5.95 Å². The molecule has 0 aliphatic heterocycles. The summed E-state index contributed by atoms with van der Waals surface area (Å²) >= 11 is 12.1. The fraction of sp³-hybridized carbons (Fsp3) is 0.0833. The molecule has 0 spiro atoms. The third-order valence-electron chi connectivity index (χ3n) is 4.68. The van der Waals surface area contributed by atoms with Crippen LogP contribution in [-0.2, 0) is 6.61 Å². The molecule has 4 aromatic rings. The third kappa shape index (κ3) is 5.39. The molecule has 0 aliphatic rings. The van der Waals surface area contributed by atoms with Crippen LogP contribution in [0.1, 0.15) is 5.56 Å². The van der Waals surface area contributed by atoms with Crippen molar-refractivity contribution in [2.45, 2.75) is 6.61 Å². The first-order valence-electron chi connectivity index (χ1n) is 9.77. The van der Waals surface area contributed by atoms with Crippen LogP contribution < -0.4 is 19.9 Å². The average Bonchev–Trinajstić information content (AvgIpc) is 2.80. The number of halogens is 2. The van der Waals surface area contributed by atoms with E-state index in [9.17, 15) is 5.11 Å². The van der Waals surface area contributed by atoms with Crippen molar-refractivity contribution in [3.05, 3.63) is 82.5 Å². The van der Waals surface area contributed by atoms with Gasteiger partial charge in [-0.1, -0.05) is 35.3 Å². The number of anilines is 1. The Morgan fingerprint density at radius 1 is 0.970 bits per heavy atom. The molecule has 0 unspecified atom stereocenters. The fourth-order valence-corrected chi connectivity index (χ4v) is 3.51. The van der Waals surface area contributed by atoms with Crippen molar-refractivity contribution in [2.24, 2.45) is 0 Å². The highest BCUT2D eigenvalue weighted by Crippen LogP contribution is 2.38. The van der Waals surface area contributed by atoms with Crippen molar-refractivity contribution in [3.63, 3.8) is 0 Å². The minimum atomic E-state index is -0.0664. The largest absolute Gasteiger partial charge is 0.507 e. The number of hydrogen-bond donors (Lipinski definition) is 2. The summed E-state index contributed by atoms with van der Waals surface area (Å²) in [5.41, 5.74) is 7.29. The lowest BCUT2D eigenvalue weighted by Crippen LogP contribution is -2.00. The van der Waals surface area contributed by atoms with Gasteiger partial charge in [-0.15, -0.1) is 0 Å². The molecule has 7 nitrogen and oxygen atoms in total. The van der Waals surface area contributed by atoms with E-state index in [2.05, 4.69) is 9.97 Å². The fourth-order valence-electron chi connectivity index (χ4n) is 3.05. The Morgan fingerprint density at radius 2 is 1.79 bits per heavy atom. The summed E-state index contributed by atoms with van der Waals surface area (Å²) in [6.07, 6.45) is 1.45. The summed E-state index contributed by atoms with van der Waals surface area (Å²) in [6.45, 7) is 0.208. The van der Waals surface area contributed by atoms with Gasteiger partial charge in [0.05, 0.1) is 13.3 Å². The minimum absolute atomic E-state index is 0.0418. The van der Waals surface area contributed by atoms with E-state index in [1.165, 1.54) is 12.3 Å². The number of rotatable bonds is 7. The first kappa shape index (κ1) is 22.5. The van der Waals surface area contributed by atoms with Gasteiger partial charge in [-0.3, -0.25) is 0 Å². The Balaban J connectivity index is 1.59. The molecule has 0 saturated heterocycles. The summed E-state index contributed by atoms with van der Waals surface area (Å²) in [5.74, 6) is 1.89. The van der Waals surface area contributed by atoms with Gasteiger partial charge in [-0.05, 0) is 36.4 Å². The van der Waals surface area contributed by atoms with Gasteiger partial charge in [0.25, 0.3) is 0 Å². The number of methoxy groups -OCH3 is 1. The number of ether oxygens (including phenoxy) is 3. The Bertz CT molecular complexity index is 1300. The highest BCUT2D eigenvalue weighted by Gasteiger charge is 2.16. The molecule has 0 fully saturated rings. The topological polar surface area (TPSA) is 99.7 Å².